The van der Waals surface area contributed by atoms with Crippen LogP contribution in [0.2, 0.25) is 0 Å². The molecule has 17 heavy (non-hydrogen) atoms. The van der Waals surface area contributed by atoms with Crippen molar-refractivity contribution in [2.24, 2.45) is 0 Å². The molecule has 0 aliphatic carbocycles. The van der Waals surface area contributed by atoms with E-state index in [0.717, 1.165) is 25.9 Å². The van der Waals surface area contributed by atoms with E-state index in [1.807, 2.05) is 0 Å². The topological polar surface area (TPSA) is 18.5 Å². The van der Waals surface area contributed by atoms with Gasteiger partial charge in [0.25, 0.3) is 0 Å². The Kier molecular flexibility index (Phi) is 4.29. The average molecular weight is 236 g/mol. The predicted octanol–water partition coefficient (Wildman–Crippen LogP) is 3.38. The molecule has 1 unspecified atom stereocenters. The molecule has 0 amide bonds. The number of halogens is 1. The molecule has 0 radical (unpaired) electrons. The second-order valence-corrected chi connectivity index (χ2v) is 4.19. The van der Waals surface area contributed by atoms with Crippen molar-refractivity contribution in [3.8, 4) is 0 Å². The maximum Gasteiger partial charge on any atom is 0.158 e. The number of hydrogen-bond acceptors (Lipinski definition) is 2. The molecule has 1 aliphatic heterocycles. The summed E-state index contributed by atoms with van der Waals surface area (Å²) < 4.78 is 24.5. The fraction of sp³-hybridized carbons (Fsp3) is 0.429. The summed E-state index contributed by atoms with van der Waals surface area (Å²) in [6, 6.07) is 6.60. The lowest BCUT2D eigenvalue weighted by atomic mass is 10.1. The first-order valence-electron chi connectivity index (χ1n) is 5.93. The van der Waals surface area contributed by atoms with Crippen LogP contribution in [-0.2, 0) is 9.47 Å². The van der Waals surface area contributed by atoms with Crippen LogP contribution in [-0.4, -0.2) is 19.5 Å². The maximum atomic E-state index is 13.5. The molecule has 1 aromatic carbocycles. The molecule has 2 nitrogen and oxygen atoms in total. The molecule has 92 valence electrons. The van der Waals surface area contributed by atoms with E-state index in [2.05, 4.69) is 6.58 Å². The van der Waals surface area contributed by atoms with Crippen LogP contribution >= 0.6 is 0 Å². The van der Waals surface area contributed by atoms with Gasteiger partial charge in [-0.3, -0.25) is 0 Å². The van der Waals surface area contributed by atoms with Gasteiger partial charge in [-0.15, -0.1) is 0 Å². The van der Waals surface area contributed by atoms with Gasteiger partial charge in [0.2, 0.25) is 0 Å². The Balaban J connectivity index is 1.87. The summed E-state index contributed by atoms with van der Waals surface area (Å²) in [5.41, 5.74) is 1.17. The number of rotatable bonds is 4. The molecule has 0 aromatic heterocycles. The molecule has 1 saturated heterocycles. The molecular formula is C14H17FO2. The number of ether oxygens (including phenoxy) is 2. The second kappa shape index (κ2) is 5.94. The van der Waals surface area contributed by atoms with Gasteiger partial charge in [0.15, 0.2) is 6.29 Å². The third-order valence-electron chi connectivity index (χ3n) is 2.84. The van der Waals surface area contributed by atoms with E-state index in [4.69, 9.17) is 9.47 Å². The summed E-state index contributed by atoms with van der Waals surface area (Å²) in [6.07, 6.45) is 2.96. The molecule has 0 bridgehead atoms. The van der Waals surface area contributed by atoms with E-state index in [1.54, 1.807) is 18.2 Å². The molecule has 0 N–H and O–H groups in total. The van der Waals surface area contributed by atoms with Crippen LogP contribution < -0.4 is 0 Å². The molecule has 1 atom stereocenters. The third kappa shape index (κ3) is 3.38. The van der Waals surface area contributed by atoms with Crippen molar-refractivity contribution in [3.05, 3.63) is 42.2 Å². The van der Waals surface area contributed by atoms with Crippen molar-refractivity contribution in [1.82, 2.24) is 0 Å². The normalized spacial score (nSPS) is 20.2. The molecule has 1 fully saturated rings. The van der Waals surface area contributed by atoms with Crippen LogP contribution in [0.3, 0.4) is 0 Å². The fourth-order valence-electron chi connectivity index (χ4n) is 1.86. The van der Waals surface area contributed by atoms with Crippen LogP contribution in [0.5, 0.6) is 0 Å². The standard InChI is InChI=1S/C14H17FO2/c1-11(12-6-2-3-7-13(12)15)10-17-14-8-4-5-9-16-14/h2-3,6-7,14H,1,4-5,8-10H2. The highest BCUT2D eigenvalue weighted by atomic mass is 19.1. The first-order chi connectivity index (χ1) is 8.27. The van der Waals surface area contributed by atoms with E-state index in [0.29, 0.717) is 17.7 Å². The first-order valence-corrected chi connectivity index (χ1v) is 5.93. The summed E-state index contributed by atoms with van der Waals surface area (Å²) in [5, 5.41) is 0. The molecule has 1 aliphatic rings. The molecule has 0 saturated carbocycles. The van der Waals surface area contributed by atoms with Gasteiger partial charge in [-0.05, 0) is 30.9 Å². The van der Waals surface area contributed by atoms with Gasteiger partial charge in [-0.25, -0.2) is 4.39 Å². The van der Waals surface area contributed by atoms with Crippen molar-refractivity contribution >= 4 is 5.57 Å². The zero-order valence-electron chi connectivity index (χ0n) is 9.82. The maximum absolute atomic E-state index is 13.5. The van der Waals surface area contributed by atoms with Crippen molar-refractivity contribution in [2.45, 2.75) is 25.6 Å². The lowest BCUT2D eigenvalue weighted by molar-refractivity contribution is -0.154. The van der Waals surface area contributed by atoms with Crippen LogP contribution in [0.4, 0.5) is 4.39 Å². The summed E-state index contributed by atoms with van der Waals surface area (Å²) in [6.45, 7) is 4.91. The zero-order chi connectivity index (χ0) is 12.1. The zero-order valence-corrected chi connectivity index (χ0v) is 9.82. The smallest absolute Gasteiger partial charge is 0.158 e. The second-order valence-electron chi connectivity index (χ2n) is 4.19. The van der Waals surface area contributed by atoms with E-state index in [-0.39, 0.29) is 12.1 Å². The van der Waals surface area contributed by atoms with Gasteiger partial charge in [-0.2, -0.15) is 0 Å². The monoisotopic (exact) mass is 236 g/mol. The quantitative estimate of drug-likeness (QED) is 0.797. The SMILES string of the molecule is C=C(COC1CCCCO1)c1ccccc1F. The largest absolute Gasteiger partial charge is 0.353 e. The van der Waals surface area contributed by atoms with E-state index < -0.39 is 0 Å². The van der Waals surface area contributed by atoms with Gasteiger partial charge in [0.05, 0.1) is 6.61 Å². The molecule has 3 heteroatoms. The summed E-state index contributed by atoms with van der Waals surface area (Å²) in [5.74, 6) is -0.259. The van der Waals surface area contributed by atoms with Crippen molar-refractivity contribution in [1.29, 1.82) is 0 Å². The van der Waals surface area contributed by atoms with Gasteiger partial charge in [0, 0.05) is 12.2 Å². The lowest BCUT2D eigenvalue weighted by Gasteiger charge is -2.23. The molecule has 2 rings (SSSR count). The molecule has 1 heterocycles. The summed E-state index contributed by atoms with van der Waals surface area (Å²) >= 11 is 0. The number of hydrogen-bond donors (Lipinski definition) is 0. The van der Waals surface area contributed by atoms with Crippen LogP contribution in [0.25, 0.3) is 5.57 Å². The highest BCUT2D eigenvalue weighted by molar-refractivity contribution is 5.64. The minimum Gasteiger partial charge on any atom is -0.353 e. The van der Waals surface area contributed by atoms with Gasteiger partial charge in [0.1, 0.15) is 5.82 Å². The Morgan fingerprint density at radius 2 is 2.24 bits per heavy atom. The Bertz CT molecular complexity index is 384. The van der Waals surface area contributed by atoms with Crippen molar-refractivity contribution in [2.75, 3.05) is 13.2 Å². The van der Waals surface area contributed by atoms with Gasteiger partial charge in [-0.1, -0.05) is 24.8 Å². The minimum absolute atomic E-state index is 0.160. The van der Waals surface area contributed by atoms with Crippen molar-refractivity contribution in [3.63, 3.8) is 0 Å². The van der Waals surface area contributed by atoms with E-state index in [1.165, 1.54) is 6.07 Å². The summed E-state index contributed by atoms with van der Waals surface area (Å²) in [7, 11) is 0. The third-order valence-corrected chi connectivity index (χ3v) is 2.84. The lowest BCUT2D eigenvalue weighted by Crippen LogP contribution is -2.22. The Morgan fingerprint density at radius 3 is 2.94 bits per heavy atom. The van der Waals surface area contributed by atoms with Gasteiger partial charge < -0.3 is 9.47 Å². The predicted molar refractivity (Wildman–Crippen MR) is 65.0 cm³/mol. The Hall–Kier alpha value is -1.19. The average Bonchev–Trinajstić information content (AvgIpc) is 2.38. The minimum atomic E-state index is -0.259. The molecular weight excluding hydrogens is 219 g/mol. The van der Waals surface area contributed by atoms with Crippen LogP contribution in [0, 0.1) is 5.82 Å². The fourth-order valence-corrected chi connectivity index (χ4v) is 1.86. The van der Waals surface area contributed by atoms with Crippen molar-refractivity contribution < 1.29 is 13.9 Å². The molecule has 0 spiro atoms. The highest BCUT2D eigenvalue weighted by Gasteiger charge is 2.15. The highest BCUT2D eigenvalue weighted by Crippen LogP contribution is 2.19. The van der Waals surface area contributed by atoms with E-state index >= 15 is 0 Å². The Morgan fingerprint density at radius 1 is 1.41 bits per heavy atom. The number of benzene rings is 1. The van der Waals surface area contributed by atoms with E-state index in [9.17, 15) is 4.39 Å². The van der Waals surface area contributed by atoms with Gasteiger partial charge >= 0.3 is 0 Å². The van der Waals surface area contributed by atoms with Crippen LogP contribution in [0.1, 0.15) is 24.8 Å². The molecule has 1 aromatic rings. The first kappa shape index (κ1) is 12.3. The summed E-state index contributed by atoms with van der Waals surface area (Å²) in [4.78, 5) is 0. The van der Waals surface area contributed by atoms with Crippen LogP contribution in [0.15, 0.2) is 30.8 Å². The Labute approximate surface area is 101 Å².